The summed E-state index contributed by atoms with van der Waals surface area (Å²) in [6, 6.07) is 5.11. The Morgan fingerprint density at radius 1 is 1.32 bits per heavy atom. The molecule has 122 valence electrons. The number of likely N-dealkylation sites (tertiary alicyclic amines) is 1. The molecule has 0 bridgehead atoms. The second kappa shape index (κ2) is 8.04. The zero-order valence-electron chi connectivity index (χ0n) is 12.7. The zero-order chi connectivity index (χ0) is 16.1. The maximum absolute atomic E-state index is 12.0. The van der Waals surface area contributed by atoms with Crippen molar-refractivity contribution >= 4 is 29.1 Å². The summed E-state index contributed by atoms with van der Waals surface area (Å²) in [4.78, 5) is 13.9. The van der Waals surface area contributed by atoms with Crippen LogP contribution in [0.1, 0.15) is 26.2 Å². The summed E-state index contributed by atoms with van der Waals surface area (Å²) in [6.45, 7) is 4.02. The number of carbonyl (C=O) groups excluding carboxylic acids is 1. The van der Waals surface area contributed by atoms with Gasteiger partial charge in [-0.3, -0.25) is 4.79 Å². The monoisotopic (exact) mass is 344 g/mol. The van der Waals surface area contributed by atoms with Crippen LogP contribution in [0.15, 0.2) is 18.2 Å². The van der Waals surface area contributed by atoms with Gasteiger partial charge in [0.25, 0.3) is 0 Å². The molecule has 1 aliphatic rings. The second-order valence-electron chi connectivity index (χ2n) is 5.92. The van der Waals surface area contributed by atoms with Gasteiger partial charge in [-0.2, -0.15) is 0 Å². The molecular formula is C16H22Cl2N2O2. The molecule has 1 unspecified atom stereocenters. The fourth-order valence-corrected chi connectivity index (χ4v) is 3.09. The molecule has 1 heterocycles. The van der Waals surface area contributed by atoms with Gasteiger partial charge in [0.1, 0.15) is 5.75 Å². The van der Waals surface area contributed by atoms with Crippen LogP contribution >= 0.6 is 23.2 Å². The Morgan fingerprint density at radius 3 is 2.45 bits per heavy atom. The summed E-state index contributed by atoms with van der Waals surface area (Å²) in [5, 5.41) is 1.14. The average Bonchev–Trinajstić information content (AvgIpc) is 2.44. The van der Waals surface area contributed by atoms with Gasteiger partial charge in [0, 0.05) is 35.6 Å². The Labute approximate surface area is 141 Å². The molecule has 1 aromatic carbocycles. The summed E-state index contributed by atoms with van der Waals surface area (Å²) in [7, 11) is 0. The lowest BCUT2D eigenvalue weighted by atomic mass is 9.97. The lowest BCUT2D eigenvalue weighted by Gasteiger charge is -2.32. The van der Waals surface area contributed by atoms with Crippen molar-refractivity contribution in [3.05, 3.63) is 28.2 Å². The third-order valence-corrected chi connectivity index (χ3v) is 4.22. The highest BCUT2D eigenvalue weighted by atomic mass is 35.5. The quantitative estimate of drug-likeness (QED) is 0.890. The molecule has 1 saturated heterocycles. The summed E-state index contributed by atoms with van der Waals surface area (Å²) in [5.41, 5.74) is 5.67. The van der Waals surface area contributed by atoms with Gasteiger partial charge >= 0.3 is 0 Å². The van der Waals surface area contributed by atoms with E-state index in [1.807, 2.05) is 11.8 Å². The number of amides is 1. The Balaban J connectivity index is 1.76. The molecule has 0 aromatic heterocycles. The van der Waals surface area contributed by atoms with E-state index in [9.17, 15) is 4.79 Å². The van der Waals surface area contributed by atoms with E-state index in [0.717, 1.165) is 25.9 Å². The van der Waals surface area contributed by atoms with Gasteiger partial charge in [-0.15, -0.1) is 0 Å². The molecule has 0 spiro atoms. The van der Waals surface area contributed by atoms with E-state index in [1.54, 1.807) is 18.2 Å². The van der Waals surface area contributed by atoms with E-state index in [4.69, 9.17) is 33.7 Å². The first-order valence-corrected chi connectivity index (χ1v) is 8.32. The van der Waals surface area contributed by atoms with Crippen LogP contribution in [-0.2, 0) is 4.79 Å². The smallest absolute Gasteiger partial charge is 0.224 e. The predicted molar refractivity (Wildman–Crippen MR) is 89.5 cm³/mol. The maximum Gasteiger partial charge on any atom is 0.224 e. The molecule has 0 aliphatic carbocycles. The highest BCUT2D eigenvalue weighted by molar-refractivity contribution is 6.34. The number of halogens is 2. The Morgan fingerprint density at radius 2 is 1.91 bits per heavy atom. The minimum absolute atomic E-state index is 0.0823. The lowest BCUT2D eigenvalue weighted by Crippen LogP contribution is -2.41. The number of rotatable bonds is 5. The van der Waals surface area contributed by atoms with E-state index < -0.39 is 0 Å². The van der Waals surface area contributed by atoms with Gasteiger partial charge in [0.05, 0.1) is 6.61 Å². The molecule has 4 nitrogen and oxygen atoms in total. The van der Waals surface area contributed by atoms with Crippen molar-refractivity contribution in [2.75, 3.05) is 19.7 Å². The first-order chi connectivity index (χ1) is 10.4. The molecule has 22 heavy (non-hydrogen) atoms. The van der Waals surface area contributed by atoms with Gasteiger partial charge in [0.15, 0.2) is 0 Å². The molecule has 2 rings (SSSR count). The number of piperidine rings is 1. The number of hydrogen-bond acceptors (Lipinski definition) is 3. The lowest BCUT2D eigenvalue weighted by molar-refractivity contribution is -0.133. The molecule has 0 saturated carbocycles. The van der Waals surface area contributed by atoms with Crippen LogP contribution in [0.25, 0.3) is 0 Å². The van der Waals surface area contributed by atoms with Crippen molar-refractivity contribution in [1.82, 2.24) is 4.90 Å². The first kappa shape index (κ1) is 17.4. The zero-order valence-corrected chi connectivity index (χ0v) is 14.2. The van der Waals surface area contributed by atoms with E-state index in [-0.39, 0.29) is 11.9 Å². The SMILES string of the molecule is CC(N)CC(=O)N1CCC(COc2cc(Cl)cc(Cl)c2)CC1. The van der Waals surface area contributed by atoms with Crippen molar-refractivity contribution in [3.63, 3.8) is 0 Å². The van der Waals surface area contributed by atoms with Crippen LogP contribution in [0.2, 0.25) is 10.0 Å². The number of ether oxygens (including phenoxy) is 1. The van der Waals surface area contributed by atoms with Crippen molar-refractivity contribution in [3.8, 4) is 5.75 Å². The minimum Gasteiger partial charge on any atom is -0.493 e. The molecule has 1 aromatic rings. The van der Waals surface area contributed by atoms with Crippen molar-refractivity contribution in [1.29, 1.82) is 0 Å². The van der Waals surface area contributed by atoms with Crippen molar-refractivity contribution < 1.29 is 9.53 Å². The van der Waals surface area contributed by atoms with E-state index in [2.05, 4.69) is 0 Å². The number of carbonyl (C=O) groups is 1. The van der Waals surface area contributed by atoms with Crippen LogP contribution in [0, 0.1) is 5.92 Å². The largest absolute Gasteiger partial charge is 0.493 e. The Hall–Kier alpha value is -0.970. The van der Waals surface area contributed by atoms with Gasteiger partial charge < -0.3 is 15.4 Å². The summed E-state index contributed by atoms with van der Waals surface area (Å²) >= 11 is 11.9. The fourth-order valence-electron chi connectivity index (χ4n) is 2.58. The van der Waals surface area contributed by atoms with Gasteiger partial charge in [0.2, 0.25) is 5.91 Å². The number of benzene rings is 1. The average molecular weight is 345 g/mol. The maximum atomic E-state index is 12.0. The highest BCUT2D eigenvalue weighted by Gasteiger charge is 2.23. The molecule has 0 radical (unpaired) electrons. The fraction of sp³-hybridized carbons (Fsp3) is 0.562. The molecule has 1 atom stereocenters. The molecule has 6 heteroatoms. The van der Waals surface area contributed by atoms with Crippen LogP contribution < -0.4 is 10.5 Å². The van der Waals surface area contributed by atoms with Crippen LogP contribution in [0.5, 0.6) is 5.75 Å². The Kier molecular flexibility index (Phi) is 6.36. The molecule has 1 aliphatic heterocycles. The standard InChI is InChI=1S/C16H22Cl2N2O2/c1-11(19)6-16(21)20-4-2-12(3-5-20)10-22-15-8-13(17)7-14(18)9-15/h7-9,11-12H,2-6,10,19H2,1H3. The Bertz CT molecular complexity index is 495. The summed E-state index contributed by atoms with van der Waals surface area (Å²) in [5.74, 6) is 1.28. The van der Waals surface area contributed by atoms with Gasteiger partial charge in [-0.25, -0.2) is 0 Å². The number of hydrogen-bond donors (Lipinski definition) is 1. The molecule has 1 amide bonds. The van der Waals surface area contributed by atoms with E-state index in [1.165, 1.54) is 0 Å². The second-order valence-corrected chi connectivity index (χ2v) is 6.79. The van der Waals surface area contributed by atoms with Gasteiger partial charge in [-0.05, 0) is 43.9 Å². The molecular weight excluding hydrogens is 323 g/mol. The number of nitrogens with zero attached hydrogens (tertiary/aromatic N) is 1. The third kappa shape index (κ3) is 5.34. The first-order valence-electron chi connectivity index (χ1n) is 7.56. The van der Waals surface area contributed by atoms with Gasteiger partial charge in [-0.1, -0.05) is 23.2 Å². The molecule has 1 fully saturated rings. The third-order valence-electron chi connectivity index (χ3n) is 3.79. The topological polar surface area (TPSA) is 55.6 Å². The van der Waals surface area contributed by atoms with E-state index >= 15 is 0 Å². The summed E-state index contributed by atoms with van der Waals surface area (Å²) in [6.07, 6.45) is 2.31. The minimum atomic E-state index is -0.0823. The molecule has 2 N–H and O–H groups in total. The van der Waals surface area contributed by atoms with Crippen molar-refractivity contribution in [2.45, 2.75) is 32.2 Å². The van der Waals surface area contributed by atoms with Crippen LogP contribution in [0.3, 0.4) is 0 Å². The van der Waals surface area contributed by atoms with Crippen LogP contribution in [0.4, 0.5) is 0 Å². The highest BCUT2D eigenvalue weighted by Crippen LogP contribution is 2.26. The number of nitrogens with two attached hydrogens (primary N) is 1. The predicted octanol–water partition coefficient (Wildman–Crippen LogP) is 3.35. The summed E-state index contributed by atoms with van der Waals surface area (Å²) < 4.78 is 5.78. The van der Waals surface area contributed by atoms with Crippen LogP contribution in [-0.4, -0.2) is 36.5 Å². The normalized spacial score (nSPS) is 17.4. The van der Waals surface area contributed by atoms with E-state index in [0.29, 0.717) is 34.7 Å². The van der Waals surface area contributed by atoms with Crippen molar-refractivity contribution in [2.24, 2.45) is 11.7 Å².